The lowest BCUT2D eigenvalue weighted by molar-refractivity contribution is 0.0194. The third kappa shape index (κ3) is 2.22. The van der Waals surface area contributed by atoms with Crippen LogP contribution in [0.1, 0.15) is 25.7 Å². The van der Waals surface area contributed by atoms with Crippen molar-refractivity contribution < 1.29 is 5.11 Å². The van der Waals surface area contributed by atoms with Crippen LogP contribution in [0.15, 0.2) is 0 Å². The molecule has 2 N–H and O–H groups in total. The molecule has 0 saturated carbocycles. The zero-order valence-corrected chi connectivity index (χ0v) is 8.21. The van der Waals surface area contributed by atoms with Crippen molar-refractivity contribution in [2.75, 3.05) is 26.2 Å². The van der Waals surface area contributed by atoms with Gasteiger partial charge in [-0.1, -0.05) is 6.42 Å². The lowest BCUT2D eigenvalue weighted by Gasteiger charge is -2.39. The van der Waals surface area contributed by atoms with Crippen LogP contribution in [0, 0.1) is 0 Å². The Hall–Kier alpha value is -0.120. The fraction of sp³-hybridized carbons (Fsp3) is 1.00. The van der Waals surface area contributed by atoms with Gasteiger partial charge in [-0.05, 0) is 38.9 Å². The monoisotopic (exact) mass is 184 g/mol. The van der Waals surface area contributed by atoms with Gasteiger partial charge in [-0.2, -0.15) is 0 Å². The van der Waals surface area contributed by atoms with E-state index in [4.69, 9.17) is 0 Å². The van der Waals surface area contributed by atoms with Crippen molar-refractivity contribution in [1.82, 2.24) is 10.2 Å². The third-order valence-electron chi connectivity index (χ3n) is 3.27. The molecule has 0 amide bonds. The quantitative estimate of drug-likeness (QED) is 0.611. The van der Waals surface area contributed by atoms with Crippen LogP contribution in [-0.2, 0) is 0 Å². The second kappa shape index (κ2) is 4.40. The van der Waals surface area contributed by atoms with Crippen molar-refractivity contribution in [2.24, 2.45) is 0 Å². The molecular weight excluding hydrogens is 164 g/mol. The maximum Gasteiger partial charge on any atom is 0.0719 e. The summed E-state index contributed by atoms with van der Waals surface area (Å²) in [6, 6.07) is 0.383. The molecule has 2 atom stereocenters. The number of hydrogen-bond acceptors (Lipinski definition) is 3. The number of likely N-dealkylation sites (tertiary alicyclic amines) is 1. The van der Waals surface area contributed by atoms with Crippen molar-refractivity contribution in [3.8, 4) is 0 Å². The van der Waals surface area contributed by atoms with E-state index in [1.165, 1.54) is 32.4 Å². The summed E-state index contributed by atoms with van der Waals surface area (Å²) in [7, 11) is 0. The van der Waals surface area contributed by atoms with Gasteiger partial charge < -0.3 is 10.4 Å². The number of aliphatic hydroxyl groups is 1. The standard InChI is InChI=1S/C10H20N2O/c13-10-4-5-11-8-9(10)12-6-2-1-3-7-12/h9-11,13H,1-8H2/t9-,10-/m0/s1. The number of rotatable bonds is 1. The molecule has 2 rings (SSSR count). The highest BCUT2D eigenvalue weighted by Crippen LogP contribution is 2.17. The molecule has 3 heteroatoms. The second-order valence-electron chi connectivity index (χ2n) is 4.22. The highest BCUT2D eigenvalue weighted by atomic mass is 16.3. The van der Waals surface area contributed by atoms with E-state index in [9.17, 15) is 5.11 Å². The molecule has 2 fully saturated rings. The summed E-state index contributed by atoms with van der Waals surface area (Å²) in [5.74, 6) is 0. The zero-order chi connectivity index (χ0) is 9.10. The maximum absolute atomic E-state index is 9.84. The minimum Gasteiger partial charge on any atom is -0.391 e. The Morgan fingerprint density at radius 1 is 1.15 bits per heavy atom. The number of hydrogen-bond donors (Lipinski definition) is 2. The number of aliphatic hydroxyl groups excluding tert-OH is 1. The summed E-state index contributed by atoms with van der Waals surface area (Å²) in [4.78, 5) is 2.46. The first-order valence-electron chi connectivity index (χ1n) is 5.51. The molecule has 0 radical (unpaired) electrons. The van der Waals surface area contributed by atoms with Crippen LogP contribution >= 0.6 is 0 Å². The fourth-order valence-electron chi connectivity index (χ4n) is 2.45. The van der Waals surface area contributed by atoms with Crippen LogP contribution in [0.3, 0.4) is 0 Å². The molecule has 3 nitrogen and oxygen atoms in total. The van der Waals surface area contributed by atoms with Crippen molar-refractivity contribution in [1.29, 1.82) is 0 Å². The van der Waals surface area contributed by atoms with E-state index in [0.29, 0.717) is 6.04 Å². The third-order valence-corrected chi connectivity index (χ3v) is 3.27. The van der Waals surface area contributed by atoms with Crippen LogP contribution in [0.2, 0.25) is 0 Å². The Morgan fingerprint density at radius 3 is 2.62 bits per heavy atom. The van der Waals surface area contributed by atoms with Gasteiger partial charge in [-0.15, -0.1) is 0 Å². The van der Waals surface area contributed by atoms with Crippen molar-refractivity contribution >= 4 is 0 Å². The Balaban J connectivity index is 1.88. The summed E-state index contributed by atoms with van der Waals surface area (Å²) >= 11 is 0. The van der Waals surface area contributed by atoms with Gasteiger partial charge in [0.1, 0.15) is 0 Å². The normalized spacial score (nSPS) is 37.6. The molecule has 0 aromatic rings. The molecule has 0 bridgehead atoms. The summed E-state index contributed by atoms with van der Waals surface area (Å²) in [6.45, 7) is 4.32. The molecule has 13 heavy (non-hydrogen) atoms. The molecule has 2 saturated heterocycles. The Labute approximate surface area is 80.1 Å². The predicted molar refractivity (Wildman–Crippen MR) is 52.7 cm³/mol. The van der Waals surface area contributed by atoms with E-state index >= 15 is 0 Å². The fourth-order valence-corrected chi connectivity index (χ4v) is 2.45. The van der Waals surface area contributed by atoms with Crippen LogP contribution in [0.4, 0.5) is 0 Å². The molecule has 76 valence electrons. The van der Waals surface area contributed by atoms with Gasteiger partial charge in [0.15, 0.2) is 0 Å². The topological polar surface area (TPSA) is 35.5 Å². The molecular formula is C10H20N2O. The van der Waals surface area contributed by atoms with E-state index in [1.807, 2.05) is 0 Å². The van der Waals surface area contributed by atoms with Gasteiger partial charge >= 0.3 is 0 Å². The van der Waals surface area contributed by atoms with Gasteiger partial charge in [0.25, 0.3) is 0 Å². The minimum atomic E-state index is -0.0978. The van der Waals surface area contributed by atoms with Gasteiger partial charge in [-0.25, -0.2) is 0 Å². The first kappa shape index (κ1) is 9.44. The molecule has 0 aliphatic carbocycles. The van der Waals surface area contributed by atoms with Crippen LogP contribution in [0.25, 0.3) is 0 Å². The van der Waals surface area contributed by atoms with E-state index in [1.54, 1.807) is 0 Å². The highest BCUT2D eigenvalue weighted by molar-refractivity contribution is 4.86. The lowest BCUT2D eigenvalue weighted by Crippen LogP contribution is -2.55. The summed E-state index contributed by atoms with van der Waals surface area (Å²) in [5.41, 5.74) is 0. The van der Waals surface area contributed by atoms with E-state index in [0.717, 1.165) is 19.5 Å². The molecule has 0 spiro atoms. The minimum absolute atomic E-state index is 0.0978. The van der Waals surface area contributed by atoms with Crippen molar-refractivity contribution in [3.05, 3.63) is 0 Å². The molecule has 2 heterocycles. The molecule has 2 aliphatic heterocycles. The second-order valence-corrected chi connectivity index (χ2v) is 4.22. The summed E-state index contributed by atoms with van der Waals surface area (Å²) in [6.07, 6.45) is 4.81. The van der Waals surface area contributed by atoms with E-state index in [-0.39, 0.29) is 6.10 Å². The van der Waals surface area contributed by atoms with Gasteiger partial charge in [0, 0.05) is 12.6 Å². The average molecular weight is 184 g/mol. The van der Waals surface area contributed by atoms with E-state index < -0.39 is 0 Å². The first-order chi connectivity index (χ1) is 6.38. The predicted octanol–water partition coefficient (Wildman–Crippen LogP) is 0.195. The first-order valence-corrected chi connectivity index (χ1v) is 5.51. The van der Waals surface area contributed by atoms with Crippen molar-refractivity contribution in [2.45, 2.75) is 37.8 Å². The summed E-state index contributed by atoms with van der Waals surface area (Å²) < 4.78 is 0. The Morgan fingerprint density at radius 2 is 1.92 bits per heavy atom. The van der Waals surface area contributed by atoms with Gasteiger partial charge in [0.2, 0.25) is 0 Å². The van der Waals surface area contributed by atoms with Crippen molar-refractivity contribution in [3.63, 3.8) is 0 Å². The van der Waals surface area contributed by atoms with Crippen LogP contribution < -0.4 is 5.32 Å². The average Bonchev–Trinajstić information content (AvgIpc) is 2.20. The molecule has 2 aliphatic rings. The SMILES string of the molecule is O[C@H]1CCNC[C@@H]1N1CCCCC1. The van der Waals surface area contributed by atoms with Gasteiger partial charge in [0.05, 0.1) is 6.10 Å². The zero-order valence-electron chi connectivity index (χ0n) is 8.21. The summed E-state index contributed by atoms with van der Waals surface area (Å²) in [5, 5.41) is 13.2. The van der Waals surface area contributed by atoms with E-state index in [2.05, 4.69) is 10.2 Å². The number of nitrogens with one attached hydrogen (secondary N) is 1. The maximum atomic E-state index is 9.84. The lowest BCUT2D eigenvalue weighted by atomic mass is 9.99. The largest absolute Gasteiger partial charge is 0.391 e. The number of piperidine rings is 2. The Kier molecular flexibility index (Phi) is 3.19. The molecule has 0 aromatic heterocycles. The molecule has 0 aromatic carbocycles. The highest BCUT2D eigenvalue weighted by Gasteiger charge is 2.28. The smallest absolute Gasteiger partial charge is 0.0719 e. The van der Waals surface area contributed by atoms with Crippen LogP contribution in [-0.4, -0.2) is 48.3 Å². The van der Waals surface area contributed by atoms with Crippen LogP contribution in [0.5, 0.6) is 0 Å². The molecule has 0 unspecified atom stereocenters. The Bertz CT molecular complexity index is 157. The number of nitrogens with zero attached hydrogens (tertiary/aromatic N) is 1. The van der Waals surface area contributed by atoms with Gasteiger partial charge in [-0.3, -0.25) is 4.90 Å².